The van der Waals surface area contributed by atoms with Gasteiger partial charge in [-0.15, -0.1) is 0 Å². The van der Waals surface area contributed by atoms with Crippen LogP contribution in [0.5, 0.6) is 0 Å². The van der Waals surface area contributed by atoms with E-state index >= 15 is 0 Å². The van der Waals surface area contributed by atoms with Crippen LogP contribution in [0.25, 0.3) is 0 Å². The van der Waals surface area contributed by atoms with Crippen molar-refractivity contribution in [2.45, 2.75) is 45.4 Å². The number of ether oxygens (including phenoxy) is 1. The van der Waals surface area contributed by atoms with Crippen molar-refractivity contribution >= 4 is 5.91 Å². The van der Waals surface area contributed by atoms with Crippen molar-refractivity contribution in [2.24, 2.45) is 5.73 Å². The molecule has 1 aliphatic rings. The first-order valence-electron chi connectivity index (χ1n) is 5.04. The van der Waals surface area contributed by atoms with E-state index in [4.69, 9.17) is 10.5 Å². The van der Waals surface area contributed by atoms with Gasteiger partial charge in [0.1, 0.15) is 0 Å². The highest BCUT2D eigenvalue weighted by Gasteiger charge is 2.34. The van der Waals surface area contributed by atoms with Crippen LogP contribution in [0.15, 0.2) is 0 Å². The second-order valence-electron chi connectivity index (χ2n) is 4.70. The predicted octanol–water partition coefficient (Wildman–Crippen LogP) is 0.359. The highest BCUT2D eigenvalue weighted by atomic mass is 16.5. The lowest BCUT2D eigenvalue weighted by atomic mass is 10.0. The molecular weight excluding hydrogens is 180 g/mol. The van der Waals surface area contributed by atoms with E-state index in [1.807, 2.05) is 20.8 Å². The Morgan fingerprint density at radius 1 is 1.64 bits per heavy atom. The number of amides is 1. The molecule has 1 aliphatic heterocycles. The summed E-state index contributed by atoms with van der Waals surface area (Å²) in [4.78, 5) is 13.5. The number of morpholine rings is 1. The number of carbonyl (C=O) groups excluding carboxylic acids is 1. The summed E-state index contributed by atoms with van der Waals surface area (Å²) in [6.45, 7) is 8.94. The highest BCUT2D eigenvalue weighted by molar-refractivity contribution is 5.81. The third kappa shape index (κ3) is 2.69. The molecule has 0 aromatic rings. The van der Waals surface area contributed by atoms with Crippen molar-refractivity contribution in [3.63, 3.8) is 0 Å². The molecule has 14 heavy (non-hydrogen) atoms. The molecule has 82 valence electrons. The van der Waals surface area contributed by atoms with Gasteiger partial charge in [-0.05, 0) is 27.7 Å². The third-order valence-electron chi connectivity index (χ3n) is 2.27. The molecule has 4 nitrogen and oxygen atoms in total. The van der Waals surface area contributed by atoms with Crippen LogP contribution in [0, 0.1) is 0 Å². The molecule has 0 aliphatic carbocycles. The van der Waals surface area contributed by atoms with Gasteiger partial charge in [0.2, 0.25) is 5.91 Å². The minimum absolute atomic E-state index is 0.00762. The third-order valence-corrected chi connectivity index (χ3v) is 2.27. The van der Waals surface area contributed by atoms with Gasteiger partial charge in [-0.2, -0.15) is 0 Å². The van der Waals surface area contributed by atoms with Crippen molar-refractivity contribution < 1.29 is 9.53 Å². The first-order chi connectivity index (χ1) is 6.32. The van der Waals surface area contributed by atoms with Crippen LogP contribution in [0.3, 0.4) is 0 Å². The lowest BCUT2D eigenvalue weighted by Crippen LogP contribution is -2.56. The minimum Gasteiger partial charge on any atom is -0.369 e. The lowest BCUT2D eigenvalue weighted by molar-refractivity contribution is -0.158. The molecule has 0 aromatic heterocycles. The Kier molecular flexibility index (Phi) is 3.17. The largest absolute Gasteiger partial charge is 0.369 e. The Labute approximate surface area is 85.4 Å². The molecule has 1 amide bonds. The molecule has 1 unspecified atom stereocenters. The fourth-order valence-corrected chi connectivity index (χ4v) is 1.91. The van der Waals surface area contributed by atoms with Gasteiger partial charge in [-0.3, -0.25) is 4.79 Å². The summed E-state index contributed by atoms with van der Waals surface area (Å²) in [5, 5.41) is 0. The van der Waals surface area contributed by atoms with E-state index in [9.17, 15) is 4.79 Å². The molecule has 1 rings (SSSR count). The number of carbonyl (C=O) groups is 1. The summed E-state index contributed by atoms with van der Waals surface area (Å²) < 4.78 is 5.70. The van der Waals surface area contributed by atoms with E-state index in [2.05, 4.69) is 0 Å². The molecular formula is C10H20N2O2. The predicted molar refractivity (Wildman–Crippen MR) is 54.9 cm³/mol. The van der Waals surface area contributed by atoms with Crippen LogP contribution >= 0.6 is 0 Å². The van der Waals surface area contributed by atoms with E-state index in [1.165, 1.54) is 0 Å². The van der Waals surface area contributed by atoms with Crippen molar-refractivity contribution in [1.29, 1.82) is 0 Å². The van der Waals surface area contributed by atoms with Crippen molar-refractivity contribution in [3.8, 4) is 0 Å². The fourth-order valence-electron chi connectivity index (χ4n) is 1.91. The fraction of sp³-hybridized carbons (Fsp3) is 0.900. The zero-order valence-electron chi connectivity index (χ0n) is 9.41. The van der Waals surface area contributed by atoms with Crippen LogP contribution in [0.4, 0.5) is 0 Å². The molecule has 2 atom stereocenters. The molecule has 1 fully saturated rings. The number of nitrogens with two attached hydrogens (primary N) is 1. The first kappa shape index (κ1) is 11.5. The van der Waals surface area contributed by atoms with Gasteiger partial charge >= 0.3 is 0 Å². The van der Waals surface area contributed by atoms with Crippen LogP contribution in [-0.2, 0) is 9.53 Å². The Hall–Kier alpha value is -0.610. The zero-order valence-corrected chi connectivity index (χ0v) is 9.41. The SMILES string of the molecule is CC1CN(C(=O)[C@@H](C)N)CC(C)(C)O1. The molecule has 4 heteroatoms. The number of nitrogens with zero attached hydrogens (tertiary/aromatic N) is 1. The normalized spacial score (nSPS) is 28.6. The summed E-state index contributed by atoms with van der Waals surface area (Å²) in [6, 6.07) is -0.420. The van der Waals surface area contributed by atoms with Gasteiger partial charge in [-0.25, -0.2) is 0 Å². The Balaban J connectivity index is 2.67. The maximum atomic E-state index is 11.7. The number of hydrogen-bond acceptors (Lipinski definition) is 3. The standard InChI is InChI=1S/C10H20N2O2/c1-7-5-12(9(13)8(2)11)6-10(3,4)14-7/h7-8H,5-6,11H2,1-4H3/t7?,8-/m1/s1. The Morgan fingerprint density at radius 2 is 2.21 bits per heavy atom. The number of hydrogen-bond donors (Lipinski definition) is 1. The van der Waals surface area contributed by atoms with E-state index < -0.39 is 6.04 Å². The maximum absolute atomic E-state index is 11.7. The molecule has 0 saturated carbocycles. The van der Waals surface area contributed by atoms with E-state index in [-0.39, 0.29) is 17.6 Å². The van der Waals surface area contributed by atoms with Gasteiger partial charge < -0.3 is 15.4 Å². The minimum atomic E-state index is -0.420. The molecule has 0 bridgehead atoms. The first-order valence-corrected chi connectivity index (χ1v) is 5.04. The zero-order chi connectivity index (χ0) is 10.9. The average Bonchev–Trinajstić information content (AvgIpc) is 1.98. The van der Waals surface area contributed by atoms with Crippen molar-refractivity contribution in [3.05, 3.63) is 0 Å². The monoisotopic (exact) mass is 200 g/mol. The summed E-state index contributed by atoms with van der Waals surface area (Å²) in [7, 11) is 0. The van der Waals surface area contributed by atoms with Crippen LogP contribution in [-0.4, -0.2) is 41.6 Å². The van der Waals surface area contributed by atoms with E-state index in [0.29, 0.717) is 13.1 Å². The maximum Gasteiger partial charge on any atom is 0.239 e. The van der Waals surface area contributed by atoms with Crippen LogP contribution in [0.1, 0.15) is 27.7 Å². The molecule has 2 N–H and O–H groups in total. The quantitative estimate of drug-likeness (QED) is 0.665. The van der Waals surface area contributed by atoms with Gasteiger partial charge in [0.25, 0.3) is 0 Å². The Morgan fingerprint density at radius 3 is 2.64 bits per heavy atom. The Bertz CT molecular complexity index is 226. The smallest absolute Gasteiger partial charge is 0.239 e. The molecule has 1 saturated heterocycles. The van der Waals surface area contributed by atoms with Gasteiger partial charge in [0.05, 0.1) is 17.7 Å². The topological polar surface area (TPSA) is 55.6 Å². The molecule has 0 spiro atoms. The summed E-state index contributed by atoms with van der Waals surface area (Å²) in [5.74, 6) is 0.00762. The van der Waals surface area contributed by atoms with E-state index in [0.717, 1.165) is 0 Å². The molecule has 0 aromatic carbocycles. The summed E-state index contributed by atoms with van der Waals surface area (Å²) >= 11 is 0. The summed E-state index contributed by atoms with van der Waals surface area (Å²) in [6.07, 6.45) is 0.0847. The van der Waals surface area contributed by atoms with Gasteiger partial charge in [0, 0.05) is 13.1 Å². The van der Waals surface area contributed by atoms with Crippen LogP contribution in [0.2, 0.25) is 0 Å². The number of rotatable bonds is 1. The molecule has 0 radical (unpaired) electrons. The second kappa shape index (κ2) is 3.87. The van der Waals surface area contributed by atoms with Gasteiger partial charge in [-0.1, -0.05) is 0 Å². The average molecular weight is 200 g/mol. The lowest BCUT2D eigenvalue weighted by Gasteiger charge is -2.42. The highest BCUT2D eigenvalue weighted by Crippen LogP contribution is 2.20. The summed E-state index contributed by atoms with van der Waals surface area (Å²) in [5.41, 5.74) is 5.31. The van der Waals surface area contributed by atoms with Crippen LogP contribution < -0.4 is 5.73 Å². The van der Waals surface area contributed by atoms with E-state index in [1.54, 1.807) is 11.8 Å². The van der Waals surface area contributed by atoms with Crippen molar-refractivity contribution in [1.82, 2.24) is 4.90 Å². The van der Waals surface area contributed by atoms with Crippen molar-refractivity contribution in [2.75, 3.05) is 13.1 Å². The molecule has 1 heterocycles. The second-order valence-corrected chi connectivity index (χ2v) is 4.70. The van der Waals surface area contributed by atoms with Gasteiger partial charge in [0.15, 0.2) is 0 Å².